The van der Waals surface area contributed by atoms with Gasteiger partial charge in [0.15, 0.2) is 5.71 Å². The van der Waals surface area contributed by atoms with Crippen molar-refractivity contribution in [3.05, 3.63) is 65.7 Å². The fraction of sp³-hybridized carbons (Fsp3) is 0.211. The summed E-state index contributed by atoms with van der Waals surface area (Å²) in [6.07, 6.45) is 4.27. The van der Waals surface area contributed by atoms with Gasteiger partial charge in [-0.1, -0.05) is 30.3 Å². The summed E-state index contributed by atoms with van der Waals surface area (Å²) < 4.78 is 2.26. The Morgan fingerprint density at radius 1 is 0.955 bits per heavy atom. The lowest BCUT2D eigenvalue weighted by Gasteiger charge is -2.15. The van der Waals surface area contributed by atoms with E-state index in [1.807, 2.05) is 12.1 Å². The maximum absolute atomic E-state index is 9.34. The van der Waals surface area contributed by atoms with Crippen LogP contribution >= 0.6 is 0 Å². The molecule has 0 aromatic heterocycles. The number of rotatable bonds is 2. The molecular formula is C19H20INO. The van der Waals surface area contributed by atoms with Gasteiger partial charge in [-0.2, -0.15) is 4.58 Å². The van der Waals surface area contributed by atoms with E-state index in [0.717, 1.165) is 5.56 Å². The van der Waals surface area contributed by atoms with Gasteiger partial charge in [-0.05, 0) is 37.6 Å². The first kappa shape index (κ1) is 16.7. The van der Waals surface area contributed by atoms with Crippen LogP contribution in [-0.2, 0) is 5.41 Å². The summed E-state index contributed by atoms with van der Waals surface area (Å²) in [6.45, 7) is 4.51. The second kappa shape index (κ2) is 6.24. The molecule has 0 bridgehead atoms. The van der Waals surface area contributed by atoms with Crippen LogP contribution < -0.4 is 24.0 Å². The van der Waals surface area contributed by atoms with E-state index in [1.165, 1.54) is 17.0 Å². The molecule has 1 N–H and O–H groups in total. The van der Waals surface area contributed by atoms with Crippen molar-refractivity contribution in [1.29, 1.82) is 0 Å². The number of hydrogen-bond donors (Lipinski definition) is 1. The van der Waals surface area contributed by atoms with E-state index in [2.05, 4.69) is 61.9 Å². The zero-order valence-corrected chi connectivity index (χ0v) is 15.2. The monoisotopic (exact) mass is 405 g/mol. The highest BCUT2D eigenvalue weighted by molar-refractivity contribution is 6.05. The number of halogens is 1. The van der Waals surface area contributed by atoms with E-state index in [9.17, 15) is 5.11 Å². The van der Waals surface area contributed by atoms with Crippen LogP contribution in [0.2, 0.25) is 0 Å². The average molecular weight is 405 g/mol. The van der Waals surface area contributed by atoms with Crippen molar-refractivity contribution in [2.45, 2.75) is 19.3 Å². The first-order chi connectivity index (χ1) is 10.00. The van der Waals surface area contributed by atoms with Crippen molar-refractivity contribution >= 4 is 17.5 Å². The molecule has 1 aliphatic rings. The molecule has 1 heterocycles. The summed E-state index contributed by atoms with van der Waals surface area (Å²) in [6, 6.07) is 15.8. The Balaban J connectivity index is 0.00000176. The fourth-order valence-electron chi connectivity index (χ4n) is 3.06. The van der Waals surface area contributed by atoms with Crippen LogP contribution in [0.5, 0.6) is 5.75 Å². The first-order valence-corrected chi connectivity index (χ1v) is 7.18. The number of nitrogens with zero attached hydrogens (tertiary/aromatic N) is 1. The topological polar surface area (TPSA) is 23.2 Å². The highest BCUT2D eigenvalue weighted by Crippen LogP contribution is 2.39. The number of para-hydroxylation sites is 1. The van der Waals surface area contributed by atoms with Crippen LogP contribution in [0, 0.1) is 0 Å². The lowest BCUT2D eigenvalue weighted by molar-refractivity contribution is -0.401. The summed E-state index contributed by atoms with van der Waals surface area (Å²) in [5, 5.41) is 9.34. The Morgan fingerprint density at radius 3 is 2.23 bits per heavy atom. The molecule has 3 heteroatoms. The Bertz CT molecular complexity index is 742. The second-order valence-corrected chi connectivity index (χ2v) is 6.01. The Kier molecular flexibility index (Phi) is 4.75. The largest absolute Gasteiger partial charge is 1.00 e. The van der Waals surface area contributed by atoms with Gasteiger partial charge in [0, 0.05) is 17.7 Å². The van der Waals surface area contributed by atoms with Crippen LogP contribution in [0.3, 0.4) is 0 Å². The van der Waals surface area contributed by atoms with Gasteiger partial charge in [0.25, 0.3) is 0 Å². The van der Waals surface area contributed by atoms with E-state index in [1.54, 1.807) is 12.1 Å². The van der Waals surface area contributed by atoms with E-state index in [-0.39, 0.29) is 29.4 Å². The van der Waals surface area contributed by atoms with Gasteiger partial charge in [0.1, 0.15) is 12.8 Å². The second-order valence-electron chi connectivity index (χ2n) is 6.01. The predicted octanol–water partition coefficient (Wildman–Crippen LogP) is 1.12. The van der Waals surface area contributed by atoms with E-state index in [4.69, 9.17) is 0 Å². The minimum Gasteiger partial charge on any atom is -1.00 e. The number of hydrogen-bond acceptors (Lipinski definition) is 1. The highest BCUT2D eigenvalue weighted by Gasteiger charge is 2.42. The summed E-state index contributed by atoms with van der Waals surface area (Å²) in [7, 11) is 2.12. The van der Waals surface area contributed by atoms with Gasteiger partial charge in [-0.3, -0.25) is 0 Å². The summed E-state index contributed by atoms with van der Waals surface area (Å²) in [5.41, 5.74) is 4.99. The molecule has 3 rings (SSSR count). The van der Waals surface area contributed by atoms with Crippen molar-refractivity contribution < 1.29 is 33.7 Å². The molecule has 0 saturated carbocycles. The molecule has 0 atom stereocenters. The lowest BCUT2D eigenvalue weighted by atomic mass is 9.81. The van der Waals surface area contributed by atoms with Crippen molar-refractivity contribution in [3.8, 4) is 5.75 Å². The number of aromatic hydroxyl groups is 1. The van der Waals surface area contributed by atoms with Crippen LogP contribution in [0.4, 0.5) is 5.69 Å². The van der Waals surface area contributed by atoms with Gasteiger partial charge in [0.05, 0.1) is 5.41 Å². The predicted molar refractivity (Wildman–Crippen MR) is 87.5 cm³/mol. The van der Waals surface area contributed by atoms with Gasteiger partial charge in [-0.15, -0.1) is 0 Å². The summed E-state index contributed by atoms with van der Waals surface area (Å²) >= 11 is 0. The third-order valence-corrected chi connectivity index (χ3v) is 4.27. The van der Waals surface area contributed by atoms with Crippen molar-refractivity contribution in [3.63, 3.8) is 0 Å². The van der Waals surface area contributed by atoms with Crippen molar-refractivity contribution in [1.82, 2.24) is 0 Å². The SMILES string of the molecule is C[N+]1=C(/C=C/c2ccc(O)cc2)C(C)(C)c2ccccc21.[I-]. The molecule has 1 aliphatic heterocycles. The first-order valence-electron chi connectivity index (χ1n) is 7.18. The minimum atomic E-state index is -0.00123. The van der Waals surface area contributed by atoms with Crippen molar-refractivity contribution in [2.75, 3.05) is 7.05 Å². The lowest BCUT2D eigenvalue weighted by Crippen LogP contribution is -3.00. The van der Waals surface area contributed by atoms with E-state index in [0.29, 0.717) is 5.75 Å². The highest BCUT2D eigenvalue weighted by atomic mass is 127. The fourth-order valence-corrected chi connectivity index (χ4v) is 3.06. The molecule has 0 radical (unpaired) electrons. The van der Waals surface area contributed by atoms with E-state index >= 15 is 0 Å². The average Bonchev–Trinajstić information content (AvgIpc) is 2.67. The van der Waals surface area contributed by atoms with Gasteiger partial charge in [-0.25, -0.2) is 0 Å². The Labute approximate surface area is 148 Å². The van der Waals surface area contributed by atoms with E-state index < -0.39 is 0 Å². The van der Waals surface area contributed by atoms with Gasteiger partial charge < -0.3 is 29.1 Å². The molecule has 0 aliphatic carbocycles. The molecule has 0 unspecified atom stereocenters. The minimum absolute atomic E-state index is 0. The molecule has 0 spiro atoms. The molecule has 2 aromatic carbocycles. The smallest absolute Gasteiger partial charge is 0.209 e. The van der Waals surface area contributed by atoms with Crippen LogP contribution in [0.1, 0.15) is 25.0 Å². The van der Waals surface area contributed by atoms with Gasteiger partial charge in [0.2, 0.25) is 5.69 Å². The molecule has 0 amide bonds. The maximum Gasteiger partial charge on any atom is 0.209 e. The third-order valence-electron chi connectivity index (χ3n) is 4.27. The number of phenols is 1. The molecule has 22 heavy (non-hydrogen) atoms. The van der Waals surface area contributed by atoms with Crippen LogP contribution in [0.15, 0.2) is 54.6 Å². The molecule has 114 valence electrons. The van der Waals surface area contributed by atoms with Crippen LogP contribution in [-0.4, -0.2) is 22.4 Å². The molecule has 0 fully saturated rings. The zero-order valence-electron chi connectivity index (χ0n) is 13.0. The number of benzene rings is 2. The number of fused-ring (bicyclic) bond motifs is 1. The zero-order chi connectivity index (χ0) is 15.0. The van der Waals surface area contributed by atoms with Gasteiger partial charge >= 0.3 is 0 Å². The number of allylic oxidation sites excluding steroid dienone is 1. The third kappa shape index (κ3) is 2.82. The molecule has 0 saturated heterocycles. The van der Waals surface area contributed by atoms with Crippen LogP contribution in [0.25, 0.3) is 6.08 Å². The quantitative estimate of drug-likeness (QED) is 0.588. The Morgan fingerprint density at radius 2 is 1.59 bits per heavy atom. The normalized spacial score (nSPS) is 15.8. The number of phenolic OH excluding ortho intramolecular Hbond substituents is 1. The summed E-state index contributed by atoms with van der Waals surface area (Å²) in [4.78, 5) is 0. The molecule has 2 aromatic rings. The molecule has 2 nitrogen and oxygen atoms in total. The van der Waals surface area contributed by atoms with Crippen molar-refractivity contribution in [2.24, 2.45) is 0 Å². The summed E-state index contributed by atoms with van der Waals surface area (Å²) in [5.74, 6) is 0.297. The molecular weight excluding hydrogens is 385 g/mol. The standard InChI is InChI=1S/C19H19NO.HI/c1-19(2)16-6-4-5-7-17(16)20(3)18(19)13-10-14-8-11-15(21)12-9-14;/h4-13H,1-3H3;1H. The maximum atomic E-state index is 9.34. The Hall–Kier alpha value is -1.62.